The Hall–Kier alpha value is -1.94. The number of primary sulfonamides is 1. The van der Waals surface area contributed by atoms with Crippen molar-refractivity contribution in [3.63, 3.8) is 0 Å². The van der Waals surface area contributed by atoms with E-state index in [9.17, 15) is 8.42 Å². The first-order valence-electron chi connectivity index (χ1n) is 8.59. The van der Waals surface area contributed by atoms with E-state index in [2.05, 4.69) is 27.1 Å². The van der Waals surface area contributed by atoms with Crippen molar-refractivity contribution in [3.05, 3.63) is 35.5 Å². The molecule has 8 nitrogen and oxygen atoms in total. The van der Waals surface area contributed by atoms with E-state index in [1.807, 2.05) is 0 Å². The predicted octanol–water partition coefficient (Wildman–Crippen LogP) is 2.28. The second-order valence-corrected chi connectivity index (χ2v) is 9.00. The largest absolute Gasteiger partial charge is 0.371 e. The Morgan fingerprint density at radius 1 is 1.33 bits per heavy atom. The third-order valence-corrected chi connectivity index (χ3v) is 6.06. The number of sulfonamides is 1. The number of hydrogen-bond acceptors (Lipinski definition) is 7. The standard InChI is InChI=1S/C17H20ClN5O3S/c1-11-9-26-17(6-7-17)10-23(11)15-14(18)8-20-16(22-15)21-12-2-4-13(5-3-12)27(19,24)25/h2-5,8,11H,6-7,9-10H2,1H3,(H2,19,24,25)(H,20,21,22)/t11-/m0/s1. The van der Waals surface area contributed by atoms with E-state index >= 15 is 0 Å². The zero-order valence-electron chi connectivity index (χ0n) is 14.7. The number of halogens is 1. The van der Waals surface area contributed by atoms with Crippen LogP contribution in [0.25, 0.3) is 0 Å². The number of benzene rings is 1. The molecule has 1 spiro atoms. The van der Waals surface area contributed by atoms with Crippen molar-refractivity contribution in [1.82, 2.24) is 9.97 Å². The van der Waals surface area contributed by atoms with E-state index in [0.29, 0.717) is 29.1 Å². The molecular formula is C17H20ClN5O3S. The maximum absolute atomic E-state index is 11.4. The van der Waals surface area contributed by atoms with Gasteiger partial charge in [-0.1, -0.05) is 11.6 Å². The molecule has 2 aromatic rings. The summed E-state index contributed by atoms with van der Waals surface area (Å²) in [5.41, 5.74) is 0.585. The molecule has 10 heteroatoms. The summed E-state index contributed by atoms with van der Waals surface area (Å²) in [6.07, 6.45) is 3.67. The maximum Gasteiger partial charge on any atom is 0.238 e. The summed E-state index contributed by atoms with van der Waals surface area (Å²) >= 11 is 6.37. The van der Waals surface area contributed by atoms with Gasteiger partial charge in [-0.3, -0.25) is 0 Å². The number of hydrogen-bond donors (Lipinski definition) is 2. The highest BCUT2D eigenvalue weighted by molar-refractivity contribution is 7.89. The summed E-state index contributed by atoms with van der Waals surface area (Å²) in [4.78, 5) is 11.0. The quantitative estimate of drug-likeness (QED) is 0.796. The van der Waals surface area contributed by atoms with E-state index in [0.717, 1.165) is 19.4 Å². The normalized spacial score (nSPS) is 21.3. The molecule has 0 unspecified atom stereocenters. The second-order valence-electron chi connectivity index (χ2n) is 7.03. The van der Waals surface area contributed by atoms with Gasteiger partial charge in [-0.15, -0.1) is 0 Å². The smallest absolute Gasteiger partial charge is 0.238 e. The molecule has 2 heterocycles. The van der Waals surface area contributed by atoms with E-state index < -0.39 is 10.0 Å². The lowest BCUT2D eigenvalue weighted by Gasteiger charge is -2.39. The Kier molecular flexibility index (Phi) is 4.50. The van der Waals surface area contributed by atoms with Crippen molar-refractivity contribution < 1.29 is 13.2 Å². The maximum atomic E-state index is 11.4. The van der Waals surface area contributed by atoms with Crippen molar-refractivity contribution in [2.45, 2.75) is 36.3 Å². The number of aromatic nitrogens is 2. The van der Waals surface area contributed by atoms with Crippen molar-refractivity contribution >= 4 is 39.1 Å². The number of rotatable bonds is 4. The summed E-state index contributed by atoms with van der Waals surface area (Å²) < 4.78 is 28.6. The molecule has 1 aromatic heterocycles. The summed E-state index contributed by atoms with van der Waals surface area (Å²) in [7, 11) is -3.73. The van der Waals surface area contributed by atoms with Gasteiger partial charge in [0.05, 0.1) is 29.3 Å². The molecule has 0 amide bonds. The van der Waals surface area contributed by atoms with Crippen LogP contribution in [0.3, 0.4) is 0 Å². The Morgan fingerprint density at radius 2 is 2.04 bits per heavy atom. The number of anilines is 3. The van der Waals surface area contributed by atoms with Crippen LogP contribution in [-0.4, -0.2) is 43.2 Å². The molecule has 1 aliphatic heterocycles. The van der Waals surface area contributed by atoms with Gasteiger partial charge in [0.15, 0.2) is 5.82 Å². The number of ether oxygens (including phenoxy) is 1. The number of morpholine rings is 1. The predicted molar refractivity (Wildman–Crippen MR) is 103 cm³/mol. The van der Waals surface area contributed by atoms with E-state index in [1.54, 1.807) is 18.3 Å². The molecule has 1 saturated carbocycles. The van der Waals surface area contributed by atoms with Crippen LogP contribution in [-0.2, 0) is 14.8 Å². The number of nitrogens with one attached hydrogen (secondary N) is 1. The first-order valence-corrected chi connectivity index (χ1v) is 10.5. The highest BCUT2D eigenvalue weighted by Gasteiger charge is 2.49. The molecule has 4 rings (SSSR count). The Bertz CT molecular complexity index is 963. The summed E-state index contributed by atoms with van der Waals surface area (Å²) in [5.74, 6) is 1.04. The number of nitrogens with zero attached hydrogens (tertiary/aromatic N) is 3. The summed E-state index contributed by atoms with van der Waals surface area (Å²) in [5, 5.41) is 8.66. The minimum Gasteiger partial charge on any atom is -0.371 e. The highest BCUT2D eigenvalue weighted by atomic mass is 35.5. The molecule has 0 radical (unpaired) electrons. The Morgan fingerprint density at radius 3 is 2.67 bits per heavy atom. The Balaban J connectivity index is 1.57. The molecular weight excluding hydrogens is 390 g/mol. The molecule has 27 heavy (non-hydrogen) atoms. The molecule has 1 aliphatic carbocycles. The third-order valence-electron chi connectivity index (χ3n) is 4.87. The van der Waals surface area contributed by atoms with Crippen LogP contribution in [0, 0.1) is 0 Å². The van der Waals surface area contributed by atoms with Gasteiger partial charge in [0.2, 0.25) is 16.0 Å². The molecule has 3 N–H and O–H groups in total. The summed E-state index contributed by atoms with van der Waals surface area (Å²) in [6.45, 7) is 3.47. The van der Waals surface area contributed by atoms with Gasteiger partial charge in [0.25, 0.3) is 0 Å². The van der Waals surface area contributed by atoms with Gasteiger partial charge in [0.1, 0.15) is 5.02 Å². The van der Waals surface area contributed by atoms with E-state index in [-0.39, 0.29) is 16.5 Å². The van der Waals surface area contributed by atoms with Gasteiger partial charge >= 0.3 is 0 Å². The van der Waals surface area contributed by atoms with Gasteiger partial charge in [0, 0.05) is 12.2 Å². The molecule has 144 valence electrons. The van der Waals surface area contributed by atoms with Crippen LogP contribution in [0.2, 0.25) is 5.02 Å². The van der Waals surface area contributed by atoms with E-state index in [1.165, 1.54) is 12.1 Å². The fourth-order valence-electron chi connectivity index (χ4n) is 3.10. The SMILES string of the molecule is C[C@H]1COC2(CC2)CN1c1nc(Nc2ccc(S(N)(=O)=O)cc2)ncc1Cl. The van der Waals surface area contributed by atoms with Crippen molar-refractivity contribution in [3.8, 4) is 0 Å². The van der Waals surface area contributed by atoms with Crippen molar-refractivity contribution in [2.75, 3.05) is 23.4 Å². The topological polar surface area (TPSA) is 110 Å². The lowest BCUT2D eigenvalue weighted by atomic mass is 10.2. The second kappa shape index (κ2) is 6.59. The first kappa shape index (κ1) is 18.4. The van der Waals surface area contributed by atoms with Crippen molar-refractivity contribution in [1.29, 1.82) is 0 Å². The van der Waals surface area contributed by atoms with Crippen LogP contribution in [0.1, 0.15) is 19.8 Å². The minimum atomic E-state index is -3.73. The lowest BCUT2D eigenvalue weighted by Crippen LogP contribution is -2.50. The minimum absolute atomic E-state index is 0.0441. The van der Waals surface area contributed by atoms with E-state index in [4.69, 9.17) is 21.5 Å². The van der Waals surface area contributed by atoms with Crippen LogP contribution in [0.4, 0.5) is 17.5 Å². The van der Waals surface area contributed by atoms with Crippen LogP contribution in [0.5, 0.6) is 0 Å². The first-order chi connectivity index (χ1) is 12.8. The fourth-order valence-corrected chi connectivity index (χ4v) is 3.82. The van der Waals surface area contributed by atoms with Crippen LogP contribution in [0.15, 0.2) is 35.4 Å². The molecule has 1 atom stereocenters. The van der Waals surface area contributed by atoms with Crippen LogP contribution >= 0.6 is 11.6 Å². The third kappa shape index (κ3) is 3.86. The molecule has 2 fully saturated rings. The summed E-state index contributed by atoms with van der Waals surface area (Å²) in [6, 6.07) is 6.22. The average molecular weight is 410 g/mol. The molecule has 0 bridgehead atoms. The van der Waals surface area contributed by atoms with Gasteiger partial charge in [-0.05, 0) is 44.0 Å². The van der Waals surface area contributed by atoms with Gasteiger partial charge in [-0.25, -0.2) is 18.5 Å². The van der Waals surface area contributed by atoms with Gasteiger partial charge < -0.3 is 15.0 Å². The lowest BCUT2D eigenvalue weighted by molar-refractivity contribution is 0.00318. The Labute approximate surface area is 162 Å². The number of nitrogens with two attached hydrogens (primary N) is 1. The fraction of sp³-hybridized carbons (Fsp3) is 0.412. The highest BCUT2D eigenvalue weighted by Crippen LogP contribution is 2.44. The molecule has 1 saturated heterocycles. The zero-order chi connectivity index (χ0) is 19.2. The zero-order valence-corrected chi connectivity index (χ0v) is 16.3. The van der Waals surface area contributed by atoms with Crippen molar-refractivity contribution in [2.24, 2.45) is 5.14 Å². The molecule has 1 aromatic carbocycles. The monoisotopic (exact) mass is 409 g/mol. The van der Waals surface area contributed by atoms with Gasteiger partial charge in [-0.2, -0.15) is 4.98 Å². The molecule has 2 aliphatic rings. The average Bonchev–Trinajstić information content (AvgIpc) is 3.38. The van der Waals surface area contributed by atoms with Crippen LogP contribution < -0.4 is 15.4 Å².